The third kappa shape index (κ3) is 4.54. The molecule has 0 aromatic heterocycles. The maximum Gasteiger partial charge on any atom is 0.420 e. The summed E-state index contributed by atoms with van der Waals surface area (Å²) in [5, 5.41) is 10.5. The Bertz CT molecular complexity index is 483. The van der Waals surface area contributed by atoms with Gasteiger partial charge in [0.1, 0.15) is 5.60 Å². The third-order valence-corrected chi connectivity index (χ3v) is 3.25. The van der Waals surface area contributed by atoms with E-state index in [0.717, 1.165) is 0 Å². The molecule has 0 atom stereocenters. The molecule has 1 aliphatic rings. The molecular formula is C14H23N3O5. The Labute approximate surface area is 129 Å². The number of piperidine rings is 1. The van der Waals surface area contributed by atoms with Crippen molar-refractivity contribution in [1.82, 2.24) is 4.90 Å². The second-order valence-electron chi connectivity index (χ2n) is 6.17. The Morgan fingerprint density at radius 1 is 1.32 bits per heavy atom. The summed E-state index contributed by atoms with van der Waals surface area (Å²) in [4.78, 5) is 28.0. The molecule has 1 heterocycles. The molecule has 0 aliphatic carbocycles. The van der Waals surface area contributed by atoms with E-state index >= 15 is 0 Å². The van der Waals surface area contributed by atoms with E-state index in [2.05, 4.69) is 4.79 Å². The number of aliphatic hydroxyl groups is 1. The summed E-state index contributed by atoms with van der Waals surface area (Å²) in [6, 6.07) is 0. The summed E-state index contributed by atoms with van der Waals surface area (Å²) < 4.78 is 10.0. The number of ether oxygens (including phenoxy) is 2. The molecule has 1 saturated heterocycles. The van der Waals surface area contributed by atoms with Crippen LogP contribution in [0.5, 0.6) is 0 Å². The number of carbonyl (C=O) groups is 2. The van der Waals surface area contributed by atoms with Gasteiger partial charge in [0.25, 0.3) is 0 Å². The van der Waals surface area contributed by atoms with Crippen LogP contribution in [-0.2, 0) is 14.3 Å². The number of rotatable bonds is 3. The molecule has 1 fully saturated rings. The maximum absolute atomic E-state index is 12.0. The lowest BCUT2D eigenvalue weighted by Gasteiger charge is -2.35. The molecule has 0 saturated carbocycles. The smallest absolute Gasteiger partial charge is 0.420 e. The fraction of sp³-hybridized carbons (Fsp3) is 0.786. The van der Waals surface area contributed by atoms with Gasteiger partial charge in [-0.3, -0.25) is 0 Å². The third-order valence-electron chi connectivity index (χ3n) is 3.25. The van der Waals surface area contributed by atoms with Gasteiger partial charge in [-0.05, 0) is 27.7 Å². The number of carbonyl (C=O) groups excluding carboxylic acids is 2. The van der Waals surface area contributed by atoms with Crippen molar-refractivity contribution in [1.29, 1.82) is 0 Å². The Morgan fingerprint density at radius 3 is 2.27 bits per heavy atom. The average Bonchev–Trinajstić information content (AvgIpc) is 2.38. The summed E-state index contributed by atoms with van der Waals surface area (Å²) in [6.07, 6.45) is -0.359. The molecule has 8 heteroatoms. The first-order valence-electron chi connectivity index (χ1n) is 7.23. The molecule has 0 bridgehead atoms. The summed E-state index contributed by atoms with van der Waals surface area (Å²) in [5.41, 5.74) is 6.34. The van der Waals surface area contributed by atoms with Crippen molar-refractivity contribution in [2.75, 3.05) is 19.7 Å². The van der Waals surface area contributed by atoms with Crippen LogP contribution in [0.25, 0.3) is 5.53 Å². The van der Waals surface area contributed by atoms with Gasteiger partial charge < -0.3 is 25.0 Å². The molecule has 1 N–H and O–H groups in total. The van der Waals surface area contributed by atoms with Crippen molar-refractivity contribution in [2.45, 2.75) is 51.7 Å². The zero-order valence-electron chi connectivity index (χ0n) is 13.5. The van der Waals surface area contributed by atoms with E-state index in [1.165, 1.54) is 4.90 Å². The first kappa shape index (κ1) is 18.1. The molecule has 0 unspecified atom stereocenters. The summed E-state index contributed by atoms with van der Waals surface area (Å²) >= 11 is 0. The lowest BCUT2D eigenvalue weighted by molar-refractivity contribution is -0.144. The Hall–Kier alpha value is -1.92. The molecule has 0 radical (unpaired) electrons. The van der Waals surface area contributed by atoms with Crippen LogP contribution in [0.1, 0.15) is 40.5 Å². The Balaban J connectivity index is 2.72. The predicted octanol–water partition coefficient (Wildman–Crippen LogP) is 0.982. The van der Waals surface area contributed by atoms with Crippen LogP contribution in [0.3, 0.4) is 0 Å². The molecule has 0 spiro atoms. The van der Waals surface area contributed by atoms with Gasteiger partial charge in [-0.1, -0.05) is 0 Å². The van der Waals surface area contributed by atoms with Crippen molar-refractivity contribution in [3.05, 3.63) is 5.53 Å². The summed E-state index contributed by atoms with van der Waals surface area (Å²) in [6.45, 7) is 7.39. The molecule has 22 heavy (non-hydrogen) atoms. The van der Waals surface area contributed by atoms with E-state index in [1.807, 2.05) is 0 Å². The number of amides is 1. The van der Waals surface area contributed by atoms with Crippen LogP contribution < -0.4 is 0 Å². The predicted molar refractivity (Wildman–Crippen MR) is 77.3 cm³/mol. The molecular weight excluding hydrogens is 290 g/mol. The van der Waals surface area contributed by atoms with E-state index in [9.17, 15) is 14.7 Å². The largest absolute Gasteiger partial charge is 0.457 e. The van der Waals surface area contributed by atoms with Crippen LogP contribution in [0.15, 0.2) is 0 Å². The van der Waals surface area contributed by atoms with Crippen molar-refractivity contribution >= 4 is 17.8 Å². The van der Waals surface area contributed by atoms with Gasteiger partial charge >= 0.3 is 17.8 Å². The first-order chi connectivity index (χ1) is 10.1. The SMILES string of the molecule is CCOC(=O)C(=[N+]=[N-])C1(O)CCN(C(=O)OC(C)(C)C)CC1. The maximum atomic E-state index is 12.0. The van der Waals surface area contributed by atoms with Gasteiger partial charge in [-0.15, -0.1) is 0 Å². The standard InChI is InChI=1S/C14H23N3O5/c1-5-21-11(18)10(16-15)14(20)6-8-17(9-7-14)12(19)22-13(2,3)4/h20H,5-9H2,1-4H3. The highest BCUT2D eigenvalue weighted by atomic mass is 16.6. The minimum atomic E-state index is -1.61. The van der Waals surface area contributed by atoms with Crippen LogP contribution in [0, 0.1) is 0 Å². The lowest BCUT2D eigenvalue weighted by Crippen LogP contribution is -2.54. The molecule has 124 valence electrons. The molecule has 0 aromatic rings. The molecule has 1 rings (SSSR count). The summed E-state index contributed by atoms with van der Waals surface area (Å²) in [7, 11) is 0. The van der Waals surface area contributed by atoms with E-state index in [0.29, 0.717) is 0 Å². The van der Waals surface area contributed by atoms with Crippen LogP contribution in [0.4, 0.5) is 4.79 Å². The number of likely N-dealkylation sites (tertiary alicyclic amines) is 1. The van der Waals surface area contributed by atoms with Gasteiger partial charge in [-0.25, -0.2) is 9.59 Å². The number of hydrogen-bond acceptors (Lipinski definition) is 5. The monoisotopic (exact) mass is 313 g/mol. The topological polar surface area (TPSA) is 112 Å². The van der Waals surface area contributed by atoms with Crippen molar-refractivity contribution < 1.29 is 29.0 Å². The lowest BCUT2D eigenvalue weighted by atomic mass is 9.86. The number of hydrogen-bond donors (Lipinski definition) is 1. The highest BCUT2D eigenvalue weighted by Crippen LogP contribution is 2.25. The number of nitrogens with zero attached hydrogens (tertiary/aromatic N) is 3. The normalized spacial score (nSPS) is 17.4. The molecule has 8 nitrogen and oxygen atoms in total. The minimum absolute atomic E-state index is 0.0600. The van der Waals surface area contributed by atoms with Gasteiger partial charge in [0.05, 0.1) is 6.61 Å². The fourth-order valence-corrected chi connectivity index (χ4v) is 2.15. The molecule has 1 aliphatic heterocycles. The van der Waals surface area contributed by atoms with E-state index in [1.54, 1.807) is 27.7 Å². The summed E-state index contributed by atoms with van der Waals surface area (Å²) in [5.74, 6) is -0.863. The van der Waals surface area contributed by atoms with Crippen LogP contribution in [-0.4, -0.2) is 63.5 Å². The fourth-order valence-electron chi connectivity index (χ4n) is 2.15. The average molecular weight is 313 g/mol. The van der Waals surface area contributed by atoms with E-state index in [-0.39, 0.29) is 32.5 Å². The highest BCUT2D eigenvalue weighted by Gasteiger charge is 2.49. The second kappa shape index (κ2) is 6.89. The van der Waals surface area contributed by atoms with Gasteiger partial charge in [0.2, 0.25) is 0 Å². The van der Waals surface area contributed by atoms with Gasteiger partial charge in [0, 0.05) is 25.9 Å². The highest BCUT2D eigenvalue weighted by molar-refractivity contribution is 6.37. The van der Waals surface area contributed by atoms with Gasteiger partial charge in [-0.2, -0.15) is 4.79 Å². The van der Waals surface area contributed by atoms with Crippen molar-refractivity contribution in [2.24, 2.45) is 0 Å². The zero-order valence-corrected chi connectivity index (χ0v) is 13.5. The van der Waals surface area contributed by atoms with Crippen LogP contribution >= 0.6 is 0 Å². The van der Waals surface area contributed by atoms with E-state index < -0.39 is 29.0 Å². The molecule has 1 amide bonds. The molecule has 0 aromatic carbocycles. The quantitative estimate of drug-likeness (QED) is 0.361. The van der Waals surface area contributed by atoms with Crippen LogP contribution in [0.2, 0.25) is 0 Å². The Morgan fingerprint density at radius 2 is 1.86 bits per heavy atom. The second-order valence-corrected chi connectivity index (χ2v) is 6.17. The zero-order chi connectivity index (χ0) is 17.0. The number of esters is 1. The van der Waals surface area contributed by atoms with Crippen molar-refractivity contribution in [3.63, 3.8) is 0 Å². The van der Waals surface area contributed by atoms with E-state index in [4.69, 9.17) is 15.0 Å². The van der Waals surface area contributed by atoms with Crippen molar-refractivity contribution in [3.8, 4) is 0 Å². The minimum Gasteiger partial charge on any atom is -0.457 e. The van der Waals surface area contributed by atoms with Gasteiger partial charge in [0.15, 0.2) is 5.60 Å². The Kier molecular flexibility index (Phi) is 5.68. The first-order valence-corrected chi connectivity index (χ1v) is 7.23.